The zero-order valence-corrected chi connectivity index (χ0v) is 13.6. The van der Waals surface area contributed by atoms with Gasteiger partial charge in [-0.05, 0) is 46.7 Å². The molecule has 120 valence electrons. The maximum Gasteiger partial charge on any atom is 0.310 e. The molecular weight excluding hydrogens is 310 g/mol. The Balaban J connectivity index is 1.49. The minimum absolute atomic E-state index is 0.0132. The number of benzene rings is 1. The van der Waals surface area contributed by atoms with Crippen LogP contribution in [-0.4, -0.2) is 18.5 Å². The van der Waals surface area contributed by atoms with Gasteiger partial charge in [0.25, 0.3) is 5.91 Å². The van der Waals surface area contributed by atoms with Gasteiger partial charge < -0.3 is 10.1 Å². The van der Waals surface area contributed by atoms with Crippen LogP contribution in [0.25, 0.3) is 0 Å². The Kier molecular flexibility index (Phi) is 5.08. The van der Waals surface area contributed by atoms with E-state index in [-0.39, 0.29) is 30.9 Å². The molecule has 1 amide bonds. The molecule has 23 heavy (non-hydrogen) atoms. The van der Waals surface area contributed by atoms with Crippen molar-refractivity contribution in [2.75, 3.05) is 6.61 Å². The van der Waals surface area contributed by atoms with Crippen LogP contribution in [0.3, 0.4) is 0 Å². The Labute approximate surface area is 139 Å². The fourth-order valence-electron chi connectivity index (χ4n) is 2.54. The van der Waals surface area contributed by atoms with Gasteiger partial charge >= 0.3 is 5.97 Å². The van der Waals surface area contributed by atoms with Crippen LogP contribution in [0, 0.1) is 5.92 Å². The van der Waals surface area contributed by atoms with Gasteiger partial charge in [-0.3, -0.25) is 9.59 Å². The summed E-state index contributed by atoms with van der Waals surface area (Å²) in [5, 5.41) is 6.81. The van der Waals surface area contributed by atoms with E-state index in [1.807, 2.05) is 47.2 Å². The van der Waals surface area contributed by atoms with Gasteiger partial charge in [0.15, 0.2) is 6.61 Å². The molecule has 0 bridgehead atoms. The third-order valence-corrected chi connectivity index (χ3v) is 4.59. The number of hydrogen-bond donors (Lipinski definition) is 1. The van der Waals surface area contributed by atoms with Crippen LogP contribution >= 0.6 is 11.3 Å². The summed E-state index contributed by atoms with van der Waals surface area (Å²) in [6, 6.07) is 11.8. The number of amides is 1. The van der Waals surface area contributed by atoms with E-state index in [0.717, 1.165) is 24.0 Å². The van der Waals surface area contributed by atoms with Crippen molar-refractivity contribution in [3.05, 3.63) is 58.3 Å². The van der Waals surface area contributed by atoms with Gasteiger partial charge in [-0.25, -0.2) is 0 Å². The van der Waals surface area contributed by atoms with Crippen LogP contribution < -0.4 is 5.32 Å². The van der Waals surface area contributed by atoms with Gasteiger partial charge in [-0.1, -0.05) is 30.3 Å². The lowest BCUT2D eigenvalue weighted by Crippen LogP contribution is -2.33. The summed E-state index contributed by atoms with van der Waals surface area (Å²) in [4.78, 5) is 23.8. The van der Waals surface area contributed by atoms with Crippen LogP contribution in [0.2, 0.25) is 0 Å². The second kappa shape index (κ2) is 7.42. The molecule has 1 unspecified atom stereocenters. The van der Waals surface area contributed by atoms with E-state index in [1.165, 1.54) is 11.3 Å². The van der Waals surface area contributed by atoms with Crippen molar-refractivity contribution >= 4 is 23.2 Å². The highest BCUT2D eigenvalue weighted by Gasteiger charge is 2.33. The standard InChI is InChI=1S/C18H19NO3S/c20-16(11-22-17(21)10-13-8-9-23-12-13)19-18(15-6-7-15)14-4-2-1-3-5-14/h1-5,8-9,12,15,18H,6-7,10-11H2,(H,19,20). The number of nitrogens with one attached hydrogen (secondary N) is 1. The van der Waals surface area contributed by atoms with Gasteiger partial charge in [0, 0.05) is 0 Å². The van der Waals surface area contributed by atoms with Crippen LogP contribution in [0.1, 0.15) is 30.0 Å². The SMILES string of the molecule is O=C(COC(=O)Cc1ccsc1)NC(c1ccccc1)C1CC1. The van der Waals surface area contributed by atoms with Gasteiger partial charge in [0.2, 0.25) is 0 Å². The predicted octanol–water partition coefficient (Wildman–Crippen LogP) is 3.10. The average molecular weight is 329 g/mol. The number of carbonyl (C=O) groups is 2. The van der Waals surface area contributed by atoms with E-state index in [2.05, 4.69) is 5.32 Å². The second-order valence-corrected chi connectivity index (χ2v) is 6.54. The topological polar surface area (TPSA) is 55.4 Å². The maximum atomic E-state index is 12.1. The van der Waals surface area contributed by atoms with Gasteiger partial charge in [0.1, 0.15) is 0 Å². The molecule has 1 aliphatic rings. The first-order chi connectivity index (χ1) is 11.2. The summed E-state index contributed by atoms with van der Waals surface area (Å²) < 4.78 is 5.07. The van der Waals surface area contributed by atoms with E-state index in [4.69, 9.17) is 4.74 Å². The normalized spacial score (nSPS) is 15.0. The molecule has 0 spiro atoms. The smallest absolute Gasteiger partial charge is 0.310 e. The first-order valence-corrected chi connectivity index (χ1v) is 8.67. The van der Waals surface area contributed by atoms with E-state index in [0.29, 0.717) is 5.92 Å². The monoisotopic (exact) mass is 329 g/mol. The molecule has 2 aromatic rings. The number of hydrogen-bond acceptors (Lipinski definition) is 4. The van der Waals surface area contributed by atoms with Gasteiger partial charge in [-0.2, -0.15) is 11.3 Å². The van der Waals surface area contributed by atoms with Crippen LogP contribution in [0.5, 0.6) is 0 Å². The van der Waals surface area contributed by atoms with E-state index in [9.17, 15) is 9.59 Å². The lowest BCUT2D eigenvalue weighted by molar-refractivity contribution is -0.148. The van der Waals surface area contributed by atoms with Crippen LogP contribution in [-0.2, 0) is 20.7 Å². The molecule has 1 aliphatic carbocycles. The van der Waals surface area contributed by atoms with E-state index in [1.54, 1.807) is 0 Å². The number of rotatable bonds is 7. The van der Waals surface area contributed by atoms with Crippen LogP contribution in [0.4, 0.5) is 0 Å². The summed E-state index contributed by atoms with van der Waals surface area (Å²) in [5.74, 6) is -0.131. The minimum atomic E-state index is -0.374. The van der Waals surface area contributed by atoms with E-state index >= 15 is 0 Å². The second-order valence-electron chi connectivity index (χ2n) is 5.76. The molecule has 0 radical (unpaired) electrons. The lowest BCUT2D eigenvalue weighted by atomic mass is 10.0. The lowest BCUT2D eigenvalue weighted by Gasteiger charge is -2.18. The molecule has 0 aliphatic heterocycles. The van der Waals surface area contributed by atoms with Gasteiger partial charge in [-0.15, -0.1) is 0 Å². The predicted molar refractivity (Wildman–Crippen MR) is 89.0 cm³/mol. The number of ether oxygens (including phenoxy) is 1. The molecule has 5 heteroatoms. The molecular formula is C18H19NO3S. The summed E-state index contributed by atoms with van der Waals surface area (Å²) in [7, 11) is 0. The first-order valence-electron chi connectivity index (χ1n) is 7.73. The van der Waals surface area contributed by atoms with Crippen molar-refractivity contribution in [1.29, 1.82) is 0 Å². The molecule has 1 aromatic heterocycles. The van der Waals surface area contributed by atoms with Crippen molar-refractivity contribution in [1.82, 2.24) is 5.32 Å². The summed E-state index contributed by atoms with van der Waals surface area (Å²) in [5.41, 5.74) is 2.02. The highest BCUT2D eigenvalue weighted by Crippen LogP contribution is 2.40. The fourth-order valence-corrected chi connectivity index (χ4v) is 3.20. The Morgan fingerprint density at radius 1 is 1.22 bits per heavy atom. The zero-order valence-electron chi connectivity index (χ0n) is 12.7. The quantitative estimate of drug-likeness (QED) is 0.794. The van der Waals surface area contributed by atoms with Crippen molar-refractivity contribution < 1.29 is 14.3 Å². The maximum absolute atomic E-state index is 12.1. The van der Waals surface area contributed by atoms with Gasteiger partial charge in [0.05, 0.1) is 12.5 Å². The highest BCUT2D eigenvalue weighted by atomic mass is 32.1. The largest absolute Gasteiger partial charge is 0.455 e. The average Bonchev–Trinajstić information content (AvgIpc) is 3.28. The third kappa shape index (κ3) is 4.66. The first kappa shape index (κ1) is 15.7. The Hall–Kier alpha value is -2.14. The molecule has 1 atom stereocenters. The molecule has 1 saturated carbocycles. The Morgan fingerprint density at radius 3 is 2.65 bits per heavy atom. The molecule has 1 N–H and O–H groups in total. The summed E-state index contributed by atoms with van der Waals surface area (Å²) >= 11 is 1.54. The third-order valence-electron chi connectivity index (χ3n) is 3.86. The zero-order chi connectivity index (χ0) is 16.1. The molecule has 4 nitrogen and oxygen atoms in total. The van der Waals surface area contributed by atoms with E-state index < -0.39 is 0 Å². The molecule has 3 rings (SSSR count). The fraction of sp³-hybridized carbons (Fsp3) is 0.333. The Morgan fingerprint density at radius 2 is 2.00 bits per heavy atom. The summed E-state index contributed by atoms with van der Waals surface area (Å²) in [6.45, 7) is -0.223. The molecule has 1 aromatic carbocycles. The molecule has 1 heterocycles. The Bertz CT molecular complexity index is 650. The molecule has 0 saturated heterocycles. The van der Waals surface area contributed by atoms with Crippen molar-refractivity contribution in [3.8, 4) is 0 Å². The molecule has 1 fully saturated rings. The summed E-state index contributed by atoms with van der Waals surface area (Å²) in [6.07, 6.45) is 2.46. The van der Waals surface area contributed by atoms with Crippen molar-refractivity contribution in [2.45, 2.75) is 25.3 Å². The minimum Gasteiger partial charge on any atom is -0.455 e. The van der Waals surface area contributed by atoms with Crippen molar-refractivity contribution in [2.24, 2.45) is 5.92 Å². The number of carbonyl (C=O) groups excluding carboxylic acids is 2. The highest BCUT2D eigenvalue weighted by molar-refractivity contribution is 7.07. The number of thiophene rings is 1. The van der Waals surface area contributed by atoms with Crippen molar-refractivity contribution in [3.63, 3.8) is 0 Å². The number of esters is 1. The van der Waals surface area contributed by atoms with Crippen LogP contribution in [0.15, 0.2) is 47.2 Å².